The van der Waals surface area contributed by atoms with Crippen molar-refractivity contribution in [3.63, 3.8) is 0 Å². The van der Waals surface area contributed by atoms with E-state index in [1.807, 2.05) is 0 Å². The van der Waals surface area contributed by atoms with E-state index in [9.17, 15) is 31.7 Å². The van der Waals surface area contributed by atoms with Gasteiger partial charge in [-0.05, 0) is 40.2 Å². The smallest absolute Gasteiger partial charge is 0.416 e. The molecule has 0 atom stereocenters. The van der Waals surface area contributed by atoms with Crippen LogP contribution in [0.4, 0.5) is 24.5 Å². The zero-order valence-electron chi connectivity index (χ0n) is 12.9. The second kappa shape index (κ2) is 7.11. The van der Waals surface area contributed by atoms with Gasteiger partial charge in [0.2, 0.25) is 0 Å². The number of hydrogen-bond acceptors (Lipinski definition) is 5. The van der Waals surface area contributed by atoms with Crippen LogP contribution in [0.2, 0.25) is 0 Å². The van der Waals surface area contributed by atoms with E-state index in [4.69, 9.17) is 4.74 Å². The molecular weight excluding hydrogens is 445 g/mol. The largest absolute Gasteiger partial charge is 0.495 e. The summed E-state index contributed by atoms with van der Waals surface area (Å²) in [5, 5.41) is 11.0. The van der Waals surface area contributed by atoms with E-state index in [1.165, 1.54) is 7.11 Å². The van der Waals surface area contributed by atoms with Crippen molar-refractivity contribution in [1.29, 1.82) is 0 Å². The van der Waals surface area contributed by atoms with Crippen molar-refractivity contribution < 1.29 is 31.2 Å². The number of nitrogens with zero attached hydrogens (tertiary/aromatic N) is 1. The van der Waals surface area contributed by atoms with Crippen LogP contribution in [-0.4, -0.2) is 20.5 Å². The molecule has 7 nitrogen and oxygen atoms in total. The van der Waals surface area contributed by atoms with Gasteiger partial charge < -0.3 is 4.74 Å². The molecule has 0 amide bonds. The number of halogens is 4. The van der Waals surface area contributed by atoms with Gasteiger partial charge in [0.15, 0.2) is 0 Å². The van der Waals surface area contributed by atoms with Crippen molar-refractivity contribution in [2.24, 2.45) is 0 Å². The highest BCUT2D eigenvalue weighted by Gasteiger charge is 2.30. The third kappa shape index (κ3) is 4.25. The minimum Gasteiger partial charge on any atom is -0.495 e. The fourth-order valence-corrected chi connectivity index (χ4v) is 3.67. The van der Waals surface area contributed by atoms with Gasteiger partial charge in [0.05, 0.1) is 22.1 Å². The summed E-state index contributed by atoms with van der Waals surface area (Å²) < 4.78 is 69.7. The van der Waals surface area contributed by atoms with Crippen LogP contribution in [0.5, 0.6) is 5.75 Å². The van der Waals surface area contributed by atoms with Gasteiger partial charge in [-0.25, -0.2) is 8.42 Å². The average Bonchev–Trinajstić information content (AvgIpc) is 2.53. The molecule has 12 heteroatoms. The predicted molar refractivity (Wildman–Crippen MR) is 89.6 cm³/mol. The predicted octanol–water partition coefficient (Wildman–Crippen LogP) is 4.19. The lowest BCUT2D eigenvalue weighted by molar-refractivity contribution is -0.385. The third-order valence-electron chi connectivity index (χ3n) is 3.18. The van der Waals surface area contributed by atoms with E-state index in [-0.39, 0.29) is 15.9 Å². The highest BCUT2D eigenvalue weighted by Crippen LogP contribution is 2.36. The summed E-state index contributed by atoms with van der Waals surface area (Å²) >= 11 is 2.94. The van der Waals surface area contributed by atoms with Crippen LogP contribution in [0.15, 0.2) is 45.8 Å². The highest BCUT2D eigenvalue weighted by atomic mass is 79.9. The molecule has 2 aromatic carbocycles. The van der Waals surface area contributed by atoms with Gasteiger partial charge in [-0.1, -0.05) is 0 Å². The number of alkyl halides is 3. The number of rotatable bonds is 5. The van der Waals surface area contributed by atoms with Gasteiger partial charge in [0.25, 0.3) is 15.7 Å². The standard InChI is InChI=1S/C14H10BrF3N2O5S/c1-25-12-6-10(15)11(20(21)22)7-13(12)26(23,24)19-9-4-2-8(3-5-9)14(16,17)18/h2-7,19H,1H3. The number of anilines is 1. The molecule has 140 valence electrons. The van der Waals surface area contributed by atoms with Crippen molar-refractivity contribution in [3.8, 4) is 5.75 Å². The summed E-state index contributed by atoms with van der Waals surface area (Å²) in [5.41, 5.74) is -1.61. The lowest BCUT2D eigenvalue weighted by Crippen LogP contribution is -2.15. The number of nitro benzene ring substituents is 1. The fourth-order valence-electron chi connectivity index (χ4n) is 1.97. The van der Waals surface area contributed by atoms with E-state index >= 15 is 0 Å². The number of nitrogens with one attached hydrogen (secondary N) is 1. The van der Waals surface area contributed by atoms with Crippen molar-refractivity contribution in [2.75, 3.05) is 11.8 Å². The third-order valence-corrected chi connectivity index (χ3v) is 5.22. The quantitative estimate of drug-likeness (QED) is 0.539. The van der Waals surface area contributed by atoms with Crippen LogP contribution in [0.3, 0.4) is 0 Å². The first kappa shape index (κ1) is 20.0. The number of sulfonamides is 1. The van der Waals surface area contributed by atoms with E-state index < -0.39 is 37.3 Å². The highest BCUT2D eigenvalue weighted by molar-refractivity contribution is 9.10. The van der Waals surface area contributed by atoms with E-state index in [0.717, 1.165) is 24.3 Å². The van der Waals surface area contributed by atoms with Crippen LogP contribution in [-0.2, 0) is 16.2 Å². The summed E-state index contributed by atoms with van der Waals surface area (Å²) in [6.45, 7) is 0. The van der Waals surface area contributed by atoms with Gasteiger partial charge in [-0.2, -0.15) is 13.2 Å². The van der Waals surface area contributed by atoms with Crippen LogP contribution in [0.25, 0.3) is 0 Å². The summed E-state index contributed by atoms with van der Waals surface area (Å²) in [4.78, 5) is 9.68. The number of nitro groups is 1. The first-order valence-electron chi connectivity index (χ1n) is 6.67. The van der Waals surface area contributed by atoms with Gasteiger partial charge in [-0.15, -0.1) is 0 Å². The number of hydrogen-bond donors (Lipinski definition) is 1. The maximum atomic E-state index is 12.6. The summed E-state index contributed by atoms with van der Waals surface area (Å²) in [7, 11) is -3.19. The summed E-state index contributed by atoms with van der Waals surface area (Å²) in [6.07, 6.45) is -4.56. The van der Waals surface area contributed by atoms with Gasteiger partial charge >= 0.3 is 6.18 Å². The lowest BCUT2D eigenvalue weighted by atomic mass is 10.2. The Bertz CT molecular complexity index is 946. The Morgan fingerprint density at radius 1 is 1.19 bits per heavy atom. The summed E-state index contributed by atoms with van der Waals surface area (Å²) in [6, 6.07) is 5.17. The monoisotopic (exact) mass is 454 g/mol. The number of benzene rings is 2. The zero-order valence-corrected chi connectivity index (χ0v) is 15.3. The Morgan fingerprint density at radius 3 is 2.23 bits per heavy atom. The maximum Gasteiger partial charge on any atom is 0.416 e. The molecule has 0 aliphatic rings. The molecule has 0 aliphatic carbocycles. The first-order chi connectivity index (χ1) is 12.0. The molecular formula is C14H10BrF3N2O5S. The van der Waals surface area contributed by atoms with Crippen LogP contribution in [0.1, 0.15) is 5.56 Å². The molecule has 0 spiro atoms. The molecule has 26 heavy (non-hydrogen) atoms. The Kier molecular flexibility index (Phi) is 5.47. The van der Waals surface area contributed by atoms with E-state index in [1.54, 1.807) is 0 Å². The normalized spacial score (nSPS) is 11.9. The molecule has 2 aromatic rings. The second-order valence-corrected chi connectivity index (χ2v) is 7.40. The van der Waals surface area contributed by atoms with Gasteiger partial charge in [0, 0.05) is 17.8 Å². The summed E-state index contributed by atoms with van der Waals surface area (Å²) in [5.74, 6) is -0.179. The van der Waals surface area contributed by atoms with E-state index in [0.29, 0.717) is 12.1 Å². The zero-order chi connectivity index (χ0) is 19.7. The molecule has 0 unspecified atom stereocenters. The van der Waals surface area contributed by atoms with Crippen LogP contribution < -0.4 is 9.46 Å². The maximum absolute atomic E-state index is 12.6. The number of ether oxygens (including phenoxy) is 1. The molecule has 0 aromatic heterocycles. The molecule has 0 heterocycles. The lowest BCUT2D eigenvalue weighted by Gasteiger charge is -2.13. The van der Waals surface area contributed by atoms with Crippen molar-refractivity contribution in [2.45, 2.75) is 11.1 Å². The number of methoxy groups -OCH3 is 1. The van der Waals surface area contributed by atoms with Gasteiger partial charge in [-0.3, -0.25) is 14.8 Å². The molecule has 2 rings (SSSR count). The molecule has 1 N–H and O–H groups in total. The Hall–Kier alpha value is -2.34. The van der Waals surface area contributed by atoms with Crippen molar-refractivity contribution in [3.05, 3.63) is 56.5 Å². The fraction of sp³-hybridized carbons (Fsp3) is 0.143. The minimum absolute atomic E-state index is 0.00725. The first-order valence-corrected chi connectivity index (χ1v) is 8.95. The Labute approximate surface area is 154 Å². The second-order valence-electron chi connectivity index (χ2n) is 4.89. The van der Waals surface area contributed by atoms with Crippen LogP contribution in [0, 0.1) is 10.1 Å². The molecule has 0 saturated carbocycles. The Balaban J connectivity index is 2.44. The van der Waals surface area contributed by atoms with Crippen molar-refractivity contribution >= 4 is 37.3 Å². The Morgan fingerprint density at radius 2 is 1.77 bits per heavy atom. The van der Waals surface area contributed by atoms with Gasteiger partial charge in [0.1, 0.15) is 10.6 Å². The SMILES string of the molecule is COc1cc(Br)c([N+](=O)[O-])cc1S(=O)(=O)Nc1ccc(C(F)(F)F)cc1. The topological polar surface area (TPSA) is 98.5 Å². The van der Waals surface area contributed by atoms with Crippen LogP contribution >= 0.6 is 15.9 Å². The molecule has 0 aliphatic heterocycles. The molecule has 0 radical (unpaired) electrons. The average molecular weight is 455 g/mol. The van der Waals surface area contributed by atoms with Crippen molar-refractivity contribution in [1.82, 2.24) is 0 Å². The molecule has 0 fully saturated rings. The minimum atomic E-state index is -4.56. The van der Waals surface area contributed by atoms with E-state index in [2.05, 4.69) is 20.7 Å². The molecule has 0 saturated heterocycles. The molecule has 0 bridgehead atoms.